The van der Waals surface area contributed by atoms with Crippen molar-refractivity contribution in [3.05, 3.63) is 57.4 Å². The van der Waals surface area contributed by atoms with E-state index in [0.717, 1.165) is 7.11 Å². The summed E-state index contributed by atoms with van der Waals surface area (Å²) in [6.07, 6.45) is 0. The summed E-state index contributed by atoms with van der Waals surface area (Å²) in [7, 11) is 0.792. The van der Waals surface area contributed by atoms with Crippen LogP contribution in [0.1, 0.15) is 0 Å². The second kappa shape index (κ2) is 5.58. The first-order chi connectivity index (χ1) is 10.3. The molecular formula is C13H6F5NO3. The molecular weight excluding hydrogens is 313 g/mol. The second-order valence-electron chi connectivity index (χ2n) is 4.08. The fourth-order valence-corrected chi connectivity index (χ4v) is 1.89. The number of benzene rings is 2. The predicted octanol–water partition coefficient (Wildman–Crippen LogP) is 3.97. The van der Waals surface area contributed by atoms with E-state index < -0.39 is 56.6 Å². The fourth-order valence-electron chi connectivity index (χ4n) is 1.89. The maximum Gasteiger partial charge on any atom is 0.280 e. The molecule has 0 amide bonds. The van der Waals surface area contributed by atoms with Gasteiger partial charge in [-0.3, -0.25) is 10.1 Å². The molecule has 22 heavy (non-hydrogen) atoms. The Balaban J connectivity index is 2.88. The third-order valence-corrected chi connectivity index (χ3v) is 2.85. The molecule has 0 N–H and O–H groups in total. The Morgan fingerprint density at radius 3 is 2.00 bits per heavy atom. The molecule has 0 spiro atoms. The van der Waals surface area contributed by atoms with Crippen molar-refractivity contribution in [3.8, 4) is 16.9 Å². The van der Waals surface area contributed by atoms with E-state index in [1.165, 1.54) is 0 Å². The van der Waals surface area contributed by atoms with Crippen LogP contribution in [0.25, 0.3) is 11.1 Å². The summed E-state index contributed by atoms with van der Waals surface area (Å²) >= 11 is 0. The van der Waals surface area contributed by atoms with E-state index in [9.17, 15) is 32.1 Å². The molecule has 0 aliphatic rings. The van der Waals surface area contributed by atoms with Crippen molar-refractivity contribution in [2.24, 2.45) is 0 Å². The average Bonchev–Trinajstić information content (AvgIpc) is 2.47. The molecule has 0 aliphatic carbocycles. The van der Waals surface area contributed by atoms with Gasteiger partial charge in [0.25, 0.3) is 5.69 Å². The van der Waals surface area contributed by atoms with Gasteiger partial charge in [-0.2, -0.15) is 8.78 Å². The lowest BCUT2D eigenvalue weighted by molar-refractivity contribution is -0.384. The third-order valence-electron chi connectivity index (χ3n) is 2.85. The zero-order chi connectivity index (χ0) is 16.6. The molecule has 0 unspecified atom stereocenters. The number of methoxy groups -OCH3 is 1. The largest absolute Gasteiger partial charge is 0.491 e. The highest BCUT2D eigenvalue weighted by Gasteiger charge is 2.30. The lowest BCUT2D eigenvalue weighted by atomic mass is 10.0. The Morgan fingerprint density at radius 1 is 1.00 bits per heavy atom. The molecule has 0 heterocycles. The number of halogens is 5. The van der Waals surface area contributed by atoms with Crippen molar-refractivity contribution in [2.75, 3.05) is 7.11 Å². The van der Waals surface area contributed by atoms with Crippen LogP contribution in [-0.4, -0.2) is 12.0 Å². The number of rotatable bonds is 3. The number of hydrogen-bond donors (Lipinski definition) is 0. The van der Waals surface area contributed by atoms with Crippen LogP contribution in [-0.2, 0) is 0 Å². The topological polar surface area (TPSA) is 52.4 Å². The number of nitro groups is 1. The molecule has 4 nitrogen and oxygen atoms in total. The van der Waals surface area contributed by atoms with E-state index >= 15 is 0 Å². The maximum absolute atomic E-state index is 13.9. The van der Waals surface area contributed by atoms with Gasteiger partial charge in [0, 0.05) is 0 Å². The van der Waals surface area contributed by atoms with Crippen LogP contribution in [0.4, 0.5) is 27.6 Å². The van der Waals surface area contributed by atoms with Crippen molar-refractivity contribution in [1.82, 2.24) is 0 Å². The van der Waals surface area contributed by atoms with Gasteiger partial charge < -0.3 is 4.74 Å². The van der Waals surface area contributed by atoms with Gasteiger partial charge in [0.1, 0.15) is 5.82 Å². The van der Waals surface area contributed by atoms with Crippen LogP contribution in [0.3, 0.4) is 0 Å². The Bertz CT molecular complexity index is 750. The summed E-state index contributed by atoms with van der Waals surface area (Å²) in [6, 6.07) is 1.70. The van der Waals surface area contributed by atoms with Gasteiger partial charge in [0.05, 0.1) is 29.2 Å². The molecule has 0 radical (unpaired) electrons. The number of ether oxygens (including phenoxy) is 1. The predicted molar refractivity (Wildman–Crippen MR) is 64.9 cm³/mol. The molecule has 0 bridgehead atoms. The molecule has 0 saturated carbocycles. The van der Waals surface area contributed by atoms with E-state index in [1.807, 2.05) is 0 Å². The molecule has 9 heteroatoms. The molecule has 2 rings (SSSR count). The molecule has 0 aromatic heterocycles. The Morgan fingerprint density at radius 2 is 1.55 bits per heavy atom. The molecule has 2 aromatic rings. The van der Waals surface area contributed by atoms with Crippen LogP contribution in [0.15, 0.2) is 18.2 Å². The molecule has 0 fully saturated rings. The monoisotopic (exact) mass is 319 g/mol. The van der Waals surface area contributed by atoms with E-state index in [0.29, 0.717) is 18.2 Å². The third kappa shape index (κ3) is 2.34. The van der Waals surface area contributed by atoms with Crippen molar-refractivity contribution in [3.63, 3.8) is 0 Å². The summed E-state index contributed by atoms with van der Waals surface area (Å²) in [5, 5.41) is 10.8. The van der Waals surface area contributed by atoms with Gasteiger partial charge in [0.15, 0.2) is 17.4 Å². The summed E-state index contributed by atoms with van der Waals surface area (Å²) in [5.41, 5.74) is -3.16. The molecule has 0 aliphatic heterocycles. The summed E-state index contributed by atoms with van der Waals surface area (Å²) in [5.74, 6) is -9.82. The van der Waals surface area contributed by atoms with Crippen LogP contribution in [0.2, 0.25) is 0 Å². The molecule has 0 saturated heterocycles. The normalized spacial score (nSPS) is 10.6. The van der Waals surface area contributed by atoms with Gasteiger partial charge in [-0.1, -0.05) is 0 Å². The van der Waals surface area contributed by atoms with E-state index in [1.54, 1.807) is 0 Å². The van der Waals surface area contributed by atoms with E-state index in [4.69, 9.17) is 0 Å². The number of nitro benzene ring substituents is 1. The number of nitrogens with zero attached hydrogens (tertiary/aromatic N) is 1. The van der Waals surface area contributed by atoms with E-state index in [2.05, 4.69) is 4.74 Å². The van der Waals surface area contributed by atoms with Crippen molar-refractivity contribution >= 4 is 5.69 Å². The first-order valence-corrected chi connectivity index (χ1v) is 5.63. The van der Waals surface area contributed by atoms with Crippen molar-refractivity contribution < 1.29 is 31.6 Å². The maximum atomic E-state index is 13.9. The van der Waals surface area contributed by atoms with Gasteiger partial charge >= 0.3 is 0 Å². The first kappa shape index (κ1) is 15.7. The van der Waals surface area contributed by atoms with Gasteiger partial charge in [-0.15, -0.1) is 0 Å². The minimum absolute atomic E-state index is 0.383. The van der Waals surface area contributed by atoms with Crippen LogP contribution in [0.5, 0.6) is 5.75 Å². The van der Waals surface area contributed by atoms with Crippen LogP contribution in [0, 0.1) is 39.2 Å². The summed E-state index contributed by atoms with van der Waals surface area (Å²) in [4.78, 5) is 9.72. The van der Waals surface area contributed by atoms with Gasteiger partial charge in [0.2, 0.25) is 11.6 Å². The van der Waals surface area contributed by atoms with Gasteiger partial charge in [-0.05, 0) is 12.1 Å². The minimum atomic E-state index is -1.88. The SMILES string of the molecule is COc1c(F)c(F)c(-c2ccc(F)cc2[N+](=O)[O-])c(F)c1F. The van der Waals surface area contributed by atoms with Crippen molar-refractivity contribution in [1.29, 1.82) is 0 Å². The lowest BCUT2D eigenvalue weighted by Gasteiger charge is -2.11. The molecule has 116 valence electrons. The molecule has 2 aromatic carbocycles. The quantitative estimate of drug-likeness (QED) is 0.372. The average molecular weight is 319 g/mol. The summed E-state index contributed by atoms with van der Waals surface area (Å²) < 4.78 is 72.4. The highest BCUT2D eigenvalue weighted by atomic mass is 19.2. The Kier molecular flexibility index (Phi) is 3.98. The van der Waals surface area contributed by atoms with E-state index in [-0.39, 0.29) is 0 Å². The lowest BCUT2D eigenvalue weighted by Crippen LogP contribution is -2.05. The van der Waals surface area contributed by atoms with Crippen molar-refractivity contribution in [2.45, 2.75) is 0 Å². The number of hydrogen-bond acceptors (Lipinski definition) is 3. The molecule has 0 atom stereocenters. The highest BCUT2D eigenvalue weighted by Crippen LogP contribution is 2.39. The highest BCUT2D eigenvalue weighted by molar-refractivity contribution is 5.75. The summed E-state index contributed by atoms with van der Waals surface area (Å²) in [6.45, 7) is 0. The zero-order valence-electron chi connectivity index (χ0n) is 10.8. The smallest absolute Gasteiger partial charge is 0.280 e. The zero-order valence-corrected chi connectivity index (χ0v) is 10.8. The Hall–Kier alpha value is -2.71. The second-order valence-corrected chi connectivity index (χ2v) is 4.08. The minimum Gasteiger partial charge on any atom is -0.491 e. The first-order valence-electron chi connectivity index (χ1n) is 5.63. The van der Waals surface area contributed by atoms with Crippen LogP contribution >= 0.6 is 0 Å². The fraction of sp³-hybridized carbons (Fsp3) is 0.0769. The van der Waals surface area contributed by atoms with Crippen LogP contribution < -0.4 is 4.74 Å². The van der Waals surface area contributed by atoms with Gasteiger partial charge in [-0.25, -0.2) is 13.2 Å². The standard InChI is InChI=1S/C13H6F5NO3/c1-22-13-11(17)9(15)8(10(16)12(13)18)6-3-2-5(14)4-7(6)19(20)21/h2-4H,1H3. The Labute approximate surface area is 119 Å².